The van der Waals surface area contributed by atoms with Crippen molar-refractivity contribution in [2.45, 2.75) is 40.0 Å². The van der Waals surface area contributed by atoms with E-state index in [4.69, 9.17) is 14.2 Å². The van der Waals surface area contributed by atoms with Crippen LogP contribution >= 0.6 is 0 Å². The summed E-state index contributed by atoms with van der Waals surface area (Å²) in [4.78, 5) is 6.69. The fraction of sp³-hybridized carbons (Fsp3) is 0.667. The Labute approximate surface area is 177 Å². The number of alkyl halides is 2. The van der Waals surface area contributed by atoms with Gasteiger partial charge in [0.2, 0.25) is 0 Å². The van der Waals surface area contributed by atoms with Gasteiger partial charge in [-0.15, -0.1) is 0 Å². The fourth-order valence-corrected chi connectivity index (χ4v) is 3.49. The first-order valence-electron chi connectivity index (χ1n) is 10.4. The highest BCUT2D eigenvalue weighted by atomic mass is 19.3. The summed E-state index contributed by atoms with van der Waals surface area (Å²) in [5, 5.41) is 6.54. The molecule has 0 aliphatic carbocycles. The molecule has 0 amide bonds. The van der Waals surface area contributed by atoms with Crippen LogP contribution in [0.2, 0.25) is 0 Å². The second-order valence-corrected chi connectivity index (χ2v) is 7.32. The number of rotatable bonds is 10. The maximum absolute atomic E-state index is 12.9. The van der Waals surface area contributed by atoms with Crippen LogP contribution in [0.1, 0.15) is 26.3 Å². The predicted octanol–water partition coefficient (Wildman–Crippen LogP) is 2.71. The molecule has 1 aliphatic rings. The number of halogens is 2. The molecular formula is C21H34F2N4O3. The van der Waals surface area contributed by atoms with Gasteiger partial charge in [-0.2, -0.15) is 8.78 Å². The number of hydrogen-bond acceptors (Lipinski definition) is 5. The van der Waals surface area contributed by atoms with Crippen LogP contribution in [0.3, 0.4) is 0 Å². The van der Waals surface area contributed by atoms with Gasteiger partial charge in [-0.05, 0) is 18.9 Å². The lowest BCUT2D eigenvalue weighted by Gasteiger charge is -2.37. The van der Waals surface area contributed by atoms with Gasteiger partial charge in [0.05, 0.1) is 19.8 Å². The topological polar surface area (TPSA) is 67.4 Å². The molecule has 2 rings (SSSR count). The van der Waals surface area contributed by atoms with E-state index in [0.29, 0.717) is 35.8 Å². The summed E-state index contributed by atoms with van der Waals surface area (Å²) >= 11 is 0. The first-order valence-corrected chi connectivity index (χ1v) is 10.4. The van der Waals surface area contributed by atoms with Gasteiger partial charge in [-0.3, -0.25) is 9.89 Å². The van der Waals surface area contributed by atoms with Gasteiger partial charge in [-0.25, -0.2) is 0 Å². The van der Waals surface area contributed by atoms with Crippen LogP contribution in [0.25, 0.3) is 0 Å². The van der Waals surface area contributed by atoms with Crippen molar-refractivity contribution in [1.29, 1.82) is 0 Å². The first-order chi connectivity index (χ1) is 14.5. The Hall–Kier alpha value is -2.13. The quantitative estimate of drug-likeness (QED) is 0.441. The van der Waals surface area contributed by atoms with Crippen LogP contribution < -0.4 is 20.1 Å². The molecule has 1 unspecified atom stereocenters. The molecule has 2 N–H and O–H groups in total. The van der Waals surface area contributed by atoms with E-state index in [1.54, 1.807) is 32.2 Å². The van der Waals surface area contributed by atoms with Gasteiger partial charge in [0.1, 0.15) is 0 Å². The Morgan fingerprint density at radius 1 is 1.23 bits per heavy atom. The number of guanidine groups is 1. The number of morpholine rings is 1. The lowest BCUT2D eigenvalue weighted by Crippen LogP contribution is -2.52. The SMILES string of the molecule is CCOc1cccc(CNC(=NC)NCC(C(C)C)N2CCOCC2)c1OC(F)F. The predicted molar refractivity (Wildman–Crippen MR) is 113 cm³/mol. The van der Waals surface area contributed by atoms with Crippen molar-refractivity contribution in [3.63, 3.8) is 0 Å². The van der Waals surface area contributed by atoms with Crippen LogP contribution in [0.15, 0.2) is 23.2 Å². The summed E-state index contributed by atoms with van der Waals surface area (Å²) in [6.07, 6.45) is 0. The maximum Gasteiger partial charge on any atom is 0.387 e. The van der Waals surface area contributed by atoms with E-state index >= 15 is 0 Å². The number of nitrogens with one attached hydrogen (secondary N) is 2. The van der Waals surface area contributed by atoms with Crippen molar-refractivity contribution >= 4 is 5.96 Å². The zero-order valence-corrected chi connectivity index (χ0v) is 18.3. The van der Waals surface area contributed by atoms with E-state index in [9.17, 15) is 8.78 Å². The molecule has 170 valence electrons. The van der Waals surface area contributed by atoms with Gasteiger partial charge >= 0.3 is 6.61 Å². The van der Waals surface area contributed by atoms with E-state index in [-0.39, 0.29) is 12.3 Å². The van der Waals surface area contributed by atoms with Gasteiger partial charge in [-0.1, -0.05) is 26.0 Å². The Balaban J connectivity index is 2.00. The van der Waals surface area contributed by atoms with Crippen molar-refractivity contribution in [2.75, 3.05) is 46.5 Å². The number of nitrogens with zero attached hydrogens (tertiary/aromatic N) is 2. The molecule has 1 fully saturated rings. The Kier molecular flexibility index (Phi) is 10.1. The molecule has 7 nitrogen and oxygen atoms in total. The molecule has 9 heteroatoms. The van der Waals surface area contributed by atoms with Gasteiger partial charge in [0.15, 0.2) is 17.5 Å². The lowest BCUT2D eigenvalue weighted by atomic mass is 10.0. The van der Waals surface area contributed by atoms with Gasteiger partial charge in [0.25, 0.3) is 0 Å². The minimum Gasteiger partial charge on any atom is -0.490 e. The number of aliphatic imine (C=N–C) groups is 1. The molecule has 0 aromatic heterocycles. The first kappa shape index (κ1) is 24.1. The Morgan fingerprint density at radius 3 is 2.57 bits per heavy atom. The van der Waals surface area contributed by atoms with Gasteiger partial charge in [0, 0.05) is 44.8 Å². The molecule has 0 spiro atoms. The van der Waals surface area contributed by atoms with Crippen molar-refractivity contribution in [3.05, 3.63) is 23.8 Å². The summed E-state index contributed by atoms with van der Waals surface area (Å²) in [5.41, 5.74) is 0.567. The van der Waals surface area contributed by atoms with Crippen molar-refractivity contribution in [3.8, 4) is 11.5 Å². The number of ether oxygens (including phenoxy) is 3. The fourth-order valence-electron chi connectivity index (χ4n) is 3.49. The monoisotopic (exact) mass is 428 g/mol. The van der Waals surface area contributed by atoms with Crippen molar-refractivity contribution < 1.29 is 23.0 Å². The summed E-state index contributed by atoms with van der Waals surface area (Å²) in [7, 11) is 1.68. The Morgan fingerprint density at radius 2 is 1.97 bits per heavy atom. The lowest BCUT2D eigenvalue weighted by molar-refractivity contribution is -0.0520. The van der Waals surface area contributed by atoms with Gasteiger partial charge < -0.3 is 24.8 Å². The van der Waals surface area contributed by atoms with E-state index in [1.807, 2.05) is 0 Å². The molecule has 1 heterocycles. The third-order valence-corrected chi connectivity index (χ3v) is 5.00. The smallest absolute Gasteiger partial charge is 0.387 e. The second-order valence-electron chi connectivity index (χ2n) is 7.32. The van der Waals surface area contributed by atoms with E-state index in [1.165, 1.54) is 0 Å². The molecule has 0 radical (unpaired) electrons. The normalized spacial score (nSPS) is 16.6. The van der Waals surface area contributed by atoms with Crippen molar-refractivity contribution in [2.24, 2.45) is 10.9 Å². The maximum atomic E-state index is 12.9. The van der Waals surface area contributed by atoms with E-state index in [2.05, 4.69) is 34.4 Å². The zero-order chi connectivity index (χ0) is 21.9. The van der Waals surface area contributed by atoms with Crippen LogP contribution in [0.4, 0.5) is 8.78 Å². The van der Waals surface area contributed by atoms with Crippen molar-refractivity contribution in [1.82, 2.24) is 15.5 Å². The number of benzene rings is 1. The van der Waals surface area contributed by atoms with Crippen LogP contribution in [0, 0.1) is 5.92 Å². The molecule has 1 saturated heterocycles. The number of hydrogen-bond donors (Lipinski definition) is 2. The molecule has 0 bridgehead atoms. The third-order valence-electron chi connectivity index (χ3n) is 5.00. The van der Waals surface area contributed by atoms with E-state index < -0.39 is 6.61 Å². The molecule has 0 saturated carbocycles. The zero-order valence-electron chi connectivity index (χ0n) is 18.3. The summed E-state index contributed by atoms with van der Waals surface area (Å²) in [6.45, 7) is 7.94. The molecule has 30 heavy (non-hydrogen) atoms. The third kappa shape index (κ3) is 7.28. The average molecular weight is 429 g/mol. The second kappa shape index (κ2) is 12.5. The molecule has 1 aromatic rings. The summed E-state index contributed by atoms with van der Waals surface area (Å²) in [6, 6.07) is 5.44. The minimum atomic E-state index is -2.93. The van der Waals surface area contributed by atoms with Crippen LogP contribution in [-0.4, -0.2) is 70.0 Å². The summed E-state index contributed by atoms with van der Waals surface area (Å²) < 4.78 is 41.4. The highest BCUT2D eigenvalue weighted by molar-refractivity contribution is 5.79. The van der Waals surface area contributed by atoms with E-state index in [0.717, 1.165) is 32.8 Å². The van der Waals surface area contributed by atoms with Crippen LogP contribution in [0.5, 0.6) is 11.5 Å². The highest BCUT2D eigenvalue weighted by Gasteiger charge is 2.24. The average Bonchev–Trinajstić information content (AvgIpc) is 2.72. The van der Waals surface area contributed by atoms with Crippen LogP contribution in [-0.2, 0) is 11.3 Å². The molecule has 1 aromatic carbocycles. The minimum absolute atomic E-state index is 0.0469. The highest BCUT2D eigenvalue weighted by Crippen LogP contribution is 2.32. The molecule has 1 aliphatic heterocycles. The largest absolute Gasteiger partial charge is 0.490 e. The Bertz CT molecular complexity index is 668. The molecular weight excluding hydrogens is 394 g/mol. The number of para-hydroxylation sites is 1. The summed E-state index contributed by atoms with van der Waals surface area (Å²) in [5.74, 6) is 1.40. The standard InChI is InChI=1S/C21H34F2N4O3/c1-5-29-18-8-6-7-16(19(18)30-20(22)23)13-25-21(24-4)26-14-17(15(2)3)27-9-11-28-12-10-27/h6-8,15,17,20H,5,9-14H2,1-4H3,(H2,24,25,26). The molecule has 1 atom stereocenters.